The molecule has 0 N–H and O–H groups in total. The fraction of sp³-hybridized carbons (Fsp3) is 0.286. The second kappa shape index (κ2) is 8.14. The van der Waals surface area contributed by atoms with E-state index in [1.807, 2.05) is 47.4 Å². The summed E-state index contributed by atoms with van der Waals surface area (Å²) in [7, 11) is 1.60. The number of amides is 1. The van der Waals surface area contributed by atoms with E-state index in [-0.39, 0.29) is 11.8 Å². The lowest BCUT2D eigenvalue weighted by molar-refractivity contribution is 0.0704. The number of benzene rings is 2. The number of hydrogen-bond donors (Lipinski definition) is 0. The molecule has 1 aromatic heterocycles. The molecule has 0 spiro atoms. The third-order valence-electron chi connectivity index (χ3n) is 4.99. The molecular formula is C21H20BrN3O3. The molecule has 1 fully saturated rings. The van der Waals surface area contributed by atoms with Crippen LogP contribution in [0.1, 0.15) is 35.0 Å². The molecule has 2 heterocycles. The van der Waals surface area contributed by atoms with E-state index < -0.39 is 0 Å². The highest BCUT2D eigenvalue weighted by atomic mass is 79.9. The van der Waals surface area contributed by atoms with Crippen LogP contribution in [0.15, 0.2) is 57.5 Å². The van der Waals surface area contributed by atoms with E-state index in [4.69, 9.17) is 9.26 Å². The number of methoxy groups -OCH3 is 1. The lowest BCUT2D eigenvalue weighted by Gasteiger charge is -2.30. The van der Waals surface area contributed by atoms with Gasteiger partial charge in [-0.1, -0.05) is 27.2 Å². The molecule has 2 aromatic carbocycles. The van der Waals surface area contributed by atoms with Gasteiger partial charge in [0.1, 0.15) is 5.75 Å². The highest BCUT2D eigenvalue weighted by Crippen LogP contribution is 2.29. The first-order valence-corrected chi connectivity index (χ1v) is 9.96. The normalized spacial score (nSPS) is 14.9. The molecule has 1 aliphatic heterocycles. The van der Waals surface area contributed by atoms with E-state index in [1.165, 1.54) is 0 Å². The molecule has 6 nitrogen and oxygen atoms in total. The van der Waals surface area contributed by atoms with Crippen LogP contribution in [0.2, 0.25) is 0 Å². The van der Waals surface area contributed by atoms with Crippen molar-refractivity contribution >= 4 is 21.8 Å². The fourth-order valence-electron chi connectivity index (χ4n) is 3.39. The van der Waals surface area contributed by atoms with Gasteiger partial charge >= 0.3 is 0 Å². The van der Waals surface area contributed by atoms with Crippen LogP contribution in [0, 0.1) is 0 Å². The summed E-state index contributed by atoms with van der Waals surface area (Å²) in [4.78, 5) is 19.2. The molecule has 0 aliphatic carbocycles. The van der Waals surface area contributed by atoms with Gasteiger partial charge in [-0.15, -0.1) is 0 Å². The van der Waals surface area contributed by atoms with E-state index in [1.54, 1.807) is 13.2 Å². The number of ether oxygens (including phenoxy) is 1. The standard InChI is InChI=1S/C21H20BrN3O3/c1-27-18-4-2-3-16(13-18)21(26)25-11-9-15(10-12-25)20-23-19(24-28-20)14-5-7-17(22)8-6-14/h2-8,13,15H,9-12H2,1H3. The average Bonchev–Trinajstić information content (AvgIpc) is 3.24. The van der Waals surface area contributed by atoms with Gasteiger partial charge in [0, 0.05) is 34.6 Å². The number of nitrogens with zero attached hydrogens (tertiary/aromatic N) is 3. The minimum Gasteiger partial charge on any atom is -0.497 e. The number of hydrogen-bond acceptors (Lipinski definition) is 5. The first-order chi connectivity index (χ1) is 13.6. The molecule has 4 rings (SSSR count). The highest BCUT2D eigenvalue weighted by Gasteiger charge is 2.28. The second-order valence-electron chi connectivity index (χ2n) is 6.76. The van der Waals surface area contributed by atoms with E-state index in [9.17, 15) is 4.79 Å². The van der Waals surface area contributed by atoms with Crippen molar-refractivity contribution in [1.29, 1.82) is 0 Å². The Bertz CT molecular complexity index is 963. The molecule has 144 valence electrons. The second-order valence-corrected chi connectivity index (χ2v) is 7.68. The Morgan fingerprint density at radius 2 is 1.93 bits per heavy atom. The maximum absolute atomic E-state index is 12.7. The molecule has 1 aliphatic rings. The zero-order valence-corrected chi connectivity index (χ0v) is 17.1. The molecule has 1 saturated heterocycles. The van der Waals surface area contributed by atoms with Gasteiger partial charge in [0.2, 0.25) is 11.7 Å². The molecule has 28 heavy (non-hydrogen) atoms. The largest absolute Gasteiger partial charge is 0.497 e. The summed E-state index contributed by atoms with van der Waals surface area (Å²) in [6, 6.07) is 15.1. The molecule has 0 unspecified atom stereocenters. The summed E-state index contributed by atoms with van der Waals surface area (Å²) in [6.45, 7) is 1.33. The van der Waals surface area contributed by atoms with Gasteiger partial charge in [-0.3, -0.25) is 4.79 Å². The molecule has 0 bridgehead atoms. The SMILES string of the molecule is COc1cccc(C(=O)N2CCC(c3nc(-c4ccc(Br)cc4)no3)CC2)c1. The van der Waals surface area contributed by atoms with Crippen LogP contribution in [-0.2, 0) is 0 Å². The van der Waals surface area contributed by atoms with E-state index in [0.29, 0.717) is 36.1 Å². The molecule has 0 atom stereocenters. The Morgan fingerprint density at radius 3 is 2.64 bits per heavy atom. The average molecular weight is 442 g/mol. The van der Waals surface area contributed by atoms with Crippen molar-refractivity contribution in [2.24, 2.45) is 0 Å². The Balaban J connectivity index is 1.40. The van der Waals surface area contributed by atoms with Gasteiger partial charge in [0.15, 0.2) is 0 Å². The predicted molar refractivity (Wildman–Crippen MR) is 108 cm³/mol. The van der Waals surface area contributed by atoms with Crippen molar-refractivity contribution in [3.63, 3.8) is 0 Å². The zero-order chi connectivity index (χ0) is 19.5. The molecule has 1 amide bonds. The van der Waals surface area contributed by atoms with E-state index >= 15 is 0 Å². The highest BCUT2D eigenvalue weighted by molar-refractivity contribution is 9.10. The van der Waals surface area contributed by atoms with Crippen molar-refractivity contribution in [1.82, 2.24) is 15.0 Å². The Kier molecular flexibility index (Phi) is 5.43. The maximum Gasteiger partial charge on any atom is 0.253 e. The van der Waals surface area contributed by atoms with Crippen LogP contribution >= 0.6 is 15.9 Å². The van der Waals surface area contributed by atoms with Gasteiger partial charge < -0.3 is 14.2 Å². The number of rotatable bonds is 4. The summed E-state index contributed by atoms with van der Waals surface area (Å²) in [5, 5.41) is 4.12. The molecule has 0 radical (unpaired) electrons. The minimum atomic E-state index is 0.0263. The van der Waals surface area contributed by atoms with E-state index in [2.05, 4.69) is 26.1 Å². The topological polar surface area (TPSA) is 68.5 Å². The van der Waals surface area contributed by atoms with Crippen molar-refractivity contribution in [3.05, 3.63) is 64.5 Å². The number of likely N-dealkylation sites (tertiary alicyclic amines) is 1. The minimum absolute atomic E-state index is 0.0263. The number of carbonyl (C=O) groups excluding carboxylic acids is 1. The van der Waals surface area contributed by atoms with Gasteiger partial charge in [-0.2, -0.15) is 4.98 Å². The van der Waals surface area contributed by atoms with Gasteiger partial charge in [0.05, 0.1) is 7.11 Å². The lowest BCUT2D eigenvalue weighted by Crippen LogP contribution is -2.38. The van der Waals surface area contributed by atoms with Crippen molar-refractivity contribution in [3.8, 4) is 17.1 Å². The lowest BCUT2D eigenvalue weighted by atomic mass is 9.96. The fourth-order valence-corrected chi connectivity index (χ4v) is 3.65. The first-order valence-electron chi connectivity index (χ1n) is 9.17. The number of piperidine rings is 1. The molecule has 7 heteroatoms. The quantitative estimate of drug-likeness (QED) is 0.594. The van der Waals surface area contributed by atoms with Crippen molar-refractivity contribution in [2.45, 2.75) is 18.8 Å². The molecular weight excluding hydrogens is 422 g/mol. The summed E-state index contributed by atoms with van der Waals surface area (Å²) >= 11 is 3.42. The van der Waals surface area contributed by atoms with Crippen LogP contribution in [0.4, 0.5) is 0 Å². The Hall–Kier alpha value is -2.67. The van der Waals surface area contributed by atoms with Crippen LogP contribution in [-0.4, -0.2) is 41.1 Å². The summed E-state index contributed by atoms with van der Waals surface area (Å²) in [6.07, 6.45) is 1.61. The summed E-state index contributed by atoms with van der Waals surface area (Å²) in [5.41, 5.74) is 1.57. The van der Waals surface area contributed by atoms with Crippen LogP contribution in [0.25, 0.3) is 11.4 Å². The summed E-state index contributed by atoms with van der Waals surface area (Å²) < 4.78 is 11.7. The third kappa shape index (κ3) is 3.94. The van der Waals surface area contributed by atoms with Crippen LogP contribution in [0.5, 0.6) is 5.75 Å². The molecule has 3 aromatic rings. The summed E-state index contributed by atoms with van der Waals surface area (Å²) in [5.74, 6) is 2.13. The zero-order valence-electron chi connectivity index (χ0n) is 15.5. The number of carbonyl (C=O) groups is 1. The van der Waals surface area contributed by atoms with Gasteiger partial charge in [-0.05, 0) is 55.3 Å². The first kappa shape index (κ1) is 18.7. The Labute approximate surface area is 171 Å². The monoisotopic (exact) mass is 441 g/mol. The van der Waals surface area contributed by atoms with E-state index in [0.717, 1.165) is 22.9 Å². The van der Waals surface area contributed by atoms with Crippen molar-refractivity contribution in [2.75, 3.05) is 20.2 Å². The third-order valence-corrected chi connectivity index (χ3v) is 5.52. The van der Waals surface area contributed by atoms with Crippen LogP contribution in [0.3, 0.4) is 0 Å². The smallest absolute Gasteiger partial charge is 0.253 e. The predicted octanol–water partition coefficient (Wildman–Crippen LogP) is 4.53. The molecule has 0 saturated carbocycles. The van der Waals surface area contributed by atoms with Gasteiger partial charge in [0.25, 0.3) is 5.91 Å². The van der Waals surface area contributed by atoms with Gasteiger partial charge in [-0.25, -0.2) is 0 Å². The van der Waals surface area contributed by atoms with Crippen molar-refractivity contribution < 1.29 is 14.1 Å². The Morgan fingerprint density at radius 1 is 1.18 bits per heavy atom. The van der Waals surface area contributed by atoms with Crippen LogP contribution < -0.4 is 4.74 Å². The number of aromatic nitrogens is 2. The maximum atomic E-state index is 12.7. The number of halogens is 1.